The fourth-order valence-electron chi connectivity index (χ4n) is 2.86. The summed E-state index contributed by atoms with van der Waals surface area (Å²) >= 11 is 3.41. The van der Waals surface area contributed by atoms with Crippen LogP contribution in [0, 0.1) is 0 Å². The van der Waals surface area contributed by atoms with Crippen LogP contribution >= 0.6 is 15.9 Å². The van der Waals surface area contributed by atoms with E-state index in [1.54, 1.807) is 0 Å². The highest BCUT2D eigenvalue weighted by molar-refractivity contribution is 9.10. The molecular formula is C15H18BrN3O2. The first-order valence-electron chi connectivity index (χ1n) is 6.93. The van der Waals surface area contributed by atoms with Crippen molar-refractivity contribution in [3.8, 4) is 0 Å². The number of pyridine rings is 1. The van der Waals surface area contributed by atoms with E-state index in [1.807, 2.05) is 18.3 Å². The molecule has 0 radical (unpaired) electrons. The fraction of sp³-hybridized carbons (Fsp3) is 0.467. The van der Waals surface area contributed by atoms with Crippen LogP contribution in [0.15, 0.2) is 22.9 Å². The molecule has 1 fully saturated rings. The summed E-state index contributed by atoms with van der Waals surface area (Å²) in [6.45, 7) is 0. The lowest BCUT2D eigenvalue weighted by atomic mass is 9.86. The van der Waals surface area contributed by atoms with Crippen molar-refractivity contribution in [1.82, 2.24) is 14.5 Å². The highest BCUT2D eigenvalue weighted by Gasteiger charge is 2.33. The highest BCUT2D eigenvalue weighted by Crippen LogP contribution is 2.38. The molecule has 0 spiro atoms. The van der Waals surface area contributed by atoms with Gasteiger partial charge in [0.05, 0.1) is 12.7 Å². The van der Waals surface area contributed by atoms with Crippen LogP contribution in [0.4, 0.5) is 0 Å². The number of rotatable bonds is 3. The summed E-state index contributed by atoms with van der Waals surface area (Å²) in [7, 11) is 5.61. The third-order valence-electron chi connectivity index (χ3n) is 4.26. The van der Waals surface area contributed by atoms with E-state index < -0.39 is 0 Å². The van der Waals surface area contributed by atoms with Gasteiger partial charge < -0.3 is 14.2 Å². The van der Waals surface area contributed by atoms with Gasteiger partial charge in [-0.1, -0.05) is 0 Å². The molecule has 0 unspecified atom stereocenters. The topological polar surface area (TPSA) is 47.4 Å². The maximum absolute atomic E-state index is 11.9. The minimum atomic E-state index is -0.314. The van der Waals surface area contributed by atoms with Crippen LogP contribution in [0.5, 0.6) is 0 Å². The van der Waals surface area contributed by atoms with E-state index in [9.17, 15) is 4.79 Å². The molecule has 2 heterocycles. The summed E-state index contributed by atoms with van der Waals surface area (Å²) in [4.78, 5) is 18.7. The van der Waals surface area contributed by atoms with Gasteiger partial charge in [-0.25, -0.2) is 9.78 Å². The van der Waals surface area contributed by atoms with Gasteiger partial charge in [0.2, 0.25) is 0 Å². The minimum Gasteiger partial charge on any atom is -0.465 e. The van der Waals surface area contributed by atoms with Crippen molar-refractivity contribution in [2.75, 3.05) is 21.2 Å². The van der Waals surface area contributed by atoms with Crippen molar-refractivity contribution in [3.05, 3.63) is 28.5 Å². The van der Waals surface area contributed by atoms with E-state index in [1.165, 1.54) is 7.11 Å². The quantitative estimate of drug-likeness (QED) is 0.630. The Hall–Kier alpha value is -1.40. The van der Waals surface area contributed by atoms with Gasteiger partial charge in [0, 0.05) is 23.7 Å². The van der Waals surface area contributed by atoms with E-state index in [4.69, 9.17) is 4.74 Å². The lowest BCUT2D eigenvalue weighted by Gasteiger charge is -2.40. The molecule has 21 heavy (non-hydrogen) atoms. The molecule has 112 valence electrons. The van der Waals surface area contributed by atoms with E-state index in [2.05, 4.69) is 44.5 Å². The van der Waals surface area contributed by atoms with Gasteiger partial charge in [0.15, 0.2) is 0 Å². The third kappa shape index (κ3) is 2.46. The highest BCUT2D eigenvalue weighted by atomic mass is 79.9. The van der Waals surface area contributed by atoms with Crippen molar-refractivity contribution in [3.63, 3.8) is 0 Å². The normalized spacial score (nSPS) is 21.6. The Bertz CT molecular complexity index is 690. The van der Waals surface area contributed by atoms with Crippen molar-refractivity contribution >= 4 is 32.9 Å². The number of aromatic nitrogens is 2. The largest absolute Gasteiger partial charge is 0.465 e. The smallest absolute Gasteiger partial charge is 0.340 e. The number of methoxy groups -OCH3 is 1. The SMILES string of the molecule is COC(=O)c1cn(C2CC(N(C)C)C2)c2nc(Br)ccc12. The summed E-state index contributed by atoms with van der Waals surface area (Å²) in [6.07, 6.45) is 4.03. The Kier molecular flexibility index (Phi) is 3.75. The van der Waals surface area contributed by atoms with Gasteiger partial charge in [-0.2, -0.15) is 0 Å². The van der Waals surface area contributed by atoms with Gasteiger partial charge in [-0.05, 0) is 55.0 Å². The maximum Gasteiger partial charge on any atom is 0.340 e. The second-order valence-corrected chi connectivity index (χ2v) is 6.50. The number of esters is 1. The maximum atomic E-state index is 11.9. The predicted molar refractivity (Wildman–Crippen MR) is 84.5 cm³/mol. The average molecular weight is 352 g/mol. The van der Waals surface area contributed by atoms with E-state index >= 15 is 0 Å². The Labute approximate surface area is 132 Å². The second-order valence-electron chi connectivity index (χ2n) is 5.69. The third-order valence-corrected chi connectivity index (χ3v) is 4.70. The Morgan fingerprint density at radius 1 is 1.43 bits per heavy atom. The number of ether oxygens (including phenoxy) is 1. The second kappa shape index (κ2) is 5.42. The zero-order valence-corrected chi connectivity index (χ0v) is 13.9. The molecule has 0 saturated heterocycles. The van der Waals surface area contributed by atoms with Crippen LogP contribution in [-0.2, 0) is 4.74 Å². The standard InChI is InChI=1S/C15H18BrN3O2/c1-18(2)9-6-10(7-9)19-8-12(15(20)21-3)11-4-5-13(16)17-14(11)19/h4-5,8-10H,6-7H2,1-3H3. The molecule has 0 atom stereocenters. The van der Waals surface area contributed by atoms with Crippen LogP contribution in [0.3, 0.4) is 0 Å². The number of hydrogen-bond acceptors (Lipinski definition) is 4. The zero-order chi connectivity index (χ0) is 15.1. The van der Waals surface area contributed by atoms with Crippen LogP contribution < -0.4 is 0 Å². The number of hydrogen-bond donors (Lipinski definition) is 0. The van der Waals surface area contributed by atoms with Crippen LogP contribution in [0.25, 0.3) is 11.0 Å². The Morgan fingerprint density at radius 2 is 2.14 bits per heavy atom. The number of fused-ring (bicyclic) bond motifs is 1. The zero-order valence-electron chi connectivity index (χ0n) is 12.3. The molecule has 6 heteroatoms. The average Bonchev–Trinajstić information content (AvgIpc) is 2.74. The van der Waals surface area contributed by atoms with Crippen LogP contribution in [0.2, 0.25) is 0 Å². The van der Waals surface area contributed by atoms with Crippen LogP contribution in [0.1, 0.15) is 29.2 Å². The summed E-state index contributed by atoms with van der Waals surface area (Å²) in [5.74, 6) is -0.314. The Morgan fingerprint density at radius 3 is 2.76 bits per heavy atom. The molecule has 0 N–H and O–H groups in total. The molecule has 2 aromatic heterocycles. The summed E-state index contributed by atoms with van der Waals surface area (Å²) in [6, 6.07) is 4.75. The summed E-state index contributed by atoms with van der Waals surface area (Å²) in [5, 5.41) is 0.846. The van der Waals surface area contributed by atoms with Crippen LogP contribution in [-0.4, -0.2) is 47.7 Å². The first-order chi connectivity index (χ1) is 10.0. The molecule has 0 aromatic carbocycles. The molecule has 0 bridgehead atoms. The lowest BCUT2D eigenvalue weighted by molar-refractivity contribution is 0.0602. The molecule has 2 aromatic rings. The molecule has 0 amide bonds. The first kappa shape index (κ1) is 14.5. The molecule has 5 nitrogen and oxygen atoms in total. The van der Waals surface area contributed by atoms with Gasteiger partial charge in [-0.15, -0.1) is 0 Å². The summed E-state index contributed by atoms with van der Waals surface area (Å²) in [5.41, 5.74) is 1.42. The Balaban J connectivity index is 2.02. The fourth-order valence-corrected chi connectivity index (χ4v) is 3.16. The number of carbonyl (C=O) groups excluding carboxylic acids is 1. The number of nitrogens with zero attached hydrogens (tertiary/aromatic N) is 3. The van der Waals surface area contributed by atoms with Gasteiger partial charge >= 0.3 is 5.97 Å². The van der Waals surface area contributed by atoms with Gasteiger partial charge in [0.1, 0.15) is 10.3 Å². The molecule has 1 saturated carbocycles. The van der Waals surface area contributed by atoms with Crippen molar-refractivity contribution in [2.24, 2.45) is 0 Å². The molecule has 1 aliphatic rings. The van der Waals surface area contributed by atoms with Gasteiger partial charge in [-0.3, -0.25) is 0 Å². The number of carbonyl (C=O) groups is 1. The first-order valence-corrected chi connectivity index (χ1v) is 7.72. The molecule has 1 aliphatic carbocycles. The minimum absolute atomic E-state index is 0.314. The lowest BCUT2D eigenvalue weighted by Crippen LogP contribution is -2.41. The van der Waals surface area contributed by atoms with E-state index in [0.29, 0.717) is 17.6 Å². The molecule has 0 aliphatic heterocycles. The molecule has 3 rings (SSSR count). The monoisotopic (exact) mass is 351 g/mol. The van der Waals surface area contributed by atoms with Crippen molar-refractivity contribution in [2.45, 2.75) is 24.9 Å². The summed E-state index contributed by atoms with van der Waals surface area (Å²) < 4.78 is 7.77. The van der Waals surface area contributed by atoms with E-state index in [0.717, 1.165) is 28.5 Å². The predicted octanol–water partition coefficient (Wildman–Crippen LogP) is 2.85. The van der Waals surface area contributed by atoms with Crippen molar-refractivity contribution < 1.29 is 9.53 Å². The van der Waals surface area contributed by atoms with E-state index in [-0.39, 0.29) is 5.97 Å². The number of halogens is 1. The van der Waals surface area contributed by atoms with Crippen molar-refractivity contribution in [1.29, 1.82) is 0 Å². The van der Waals surface area contributed by atoms with Gasteiger partial charge in [0.25, 0.3) is 0 Å². The molecular weight excluding hydrogens is 334 g/mol.